The van der Waals surface area contributed by atoms with Gasteiger partial charge in [0.05, 0.1) is 5.69 Å². The molecule has 3 rings (SSSR count). The van der Waals surface area contributed by atoms with E-state index in [1.165, 1.54) is 24.2 Å². The van der Waals surface area contributed by atoms with Crippen LogP contribution in [0.4, 0.5) is 5.69 Å². The number of hydrogen-bond donors (Lipinski definition) is 1. The van der Waals surface area contributed by atoms with E-state index in [-0.39, 0.29) is 0 Å². The Balaban J connectivity index is 2.31. The number of hydrogen-bond acceptors (Lipinski definition) is 2. The second kappa shape index (κ2) is 2.74. The summed E-state index contributed by atoms with van der Waals surface area (Å²) in [5.41, 5.74) is 10.2. The monoisotopic (exact) mass is 187 g/mol. The number of aromatic nitrogens is 2. The van der Waals surface area contributed by atoms with E-state index in [2.05, 4.69) is 9.38 Å². The summed E-state index contributed by atoms with van der Waals surface area (Å²) in [6.45, 7) is 0. The van der Waals surface area contributed by atoms with Gasteiger partial charge in [0.25, 0.3) is 0 Å². The zero-order valence-corrected chi connectivity index (χ0v) is 8.03. The zero-order valence-electron chi connectivity index (χ0n) is 8.03. The molecule has 0 fully saturated rings. The quantitative estimate of drug-likeness (QED) is 0.683. The topological polar surface area (TPSA) is 43.3 Å². The zero-order chi connectivity index (χ0) is 9.54. The molecule has 2 aromatic rings. The third-order valence-corrected chi connectivity index (χ3v) is 2.91. The van der Waals surface area contributed by atoms with Crippen molar-refractivity contribution in [1.82, 2.24) is 9.38 Å². The van der Waals surface area contributed by atoms with Crippen LogP contribution in [-0.4, -0.2) is 9.38 Å². The summed E-state index contributed by atoms with van der Waals surface area (Å²) in [5.74, 6) is 0. The lowest BCUT2D eigenvalue weighted by molar-refractivity contribution is 0.660. The second-order valence-corrected chi connectivity index (χ2v) is 3.90. The van der Waals surface area contributed by atoms with Gasteiger partial charge in [0.2, 0.25) is 0 Å². The molecular weight excluding hydrogens is 174 g/mol. The van der Waals surface area contributed by atoms with E-state index in [4.69, 9.17) is 5.73 Å². The van der Waals surface area contributed by atoms with E-state index in [1.807, 2.05) is 18.3 Å². The maximum absolute atomic E-state index is 5.73. The SMILES string of the molecule is Nc1ccn2c3c(nc2c1)CCCC3. The second-order valence-electron chi connectivity index (χ2n) is 3.90. The van der Waals surface area contributed by atoms with E-state index in [0.717, 1.165) is 24.2 Å². The number of nitrogens with zero attached hydrogens (tertiary/aromatic N) is 2. The summed E-state index contributed by atoms with van der Waals surface area (Å²) in [4.78, 5) is 4.60. The molecule has 0 aliphatic heterocycles. The Bertz CT molecular complexity index is 484. The number of nitrogen functional groups attached to an aromatic ring is 1. The highest BCUT2D eigenvalue weighted by Gasteiger charge is 2.15. The first-order chi connectivity index (χ1) is 6.84. The van der Waals surface area contributed by atoms with Gasteiger partial charge in [0, 0.05) is 23.6 Å². The largest absolute Gasteiger partial charge is 0.399 e. The van der Waals surface area contributed by atoms with Crippen molar-refractivity contribution < 1.29 is 0 Å². The Morgan fingerprint density at radius 1 is 1.29 bits per heavy atom. The molecule has 1 aliphatic carbocycles. The Morgan fingerprint density at radius 2 is 2.14 bits per heavy atom. The van der Waals surface area contributed by atoms with E-state index in [1.54, 1.807) is 0 Å². The molecule has 0 saturated carbocycles. The van der Waals surface area contributed by atoms with Crippen LogP contribution in [0.15, 0.2) is 18.3 Å². The van der Waals surface area contributed by atoms with Crippen molar-refractivity contribution in [3.63, 3.8) is 0 Å². The molecule has 0 atom stereocenters. The maximum atomic E-state index is 5.73. The molecule has 1 aliphatic rings. The highest BCUT2D eigenvalue weighted by atomic mass is 15.0. The number of pyridine rings is 1. The Labute approximate surface area is 82.6 Å². The Hall–Kier alpha value is -1.51. The van der Waals surface area contributed by atoms with Gasteiger partial charge in [-0.2, -0.15) is 0 Å². The molecular formula is C11H13N3. The minimum Gasteiger partial charge on any atom is -0.399 e. The predicted octanol–water partition coefficient (Wildman–Crippen LogP) is 1.80. The first kappa shape index (κ1) is 7.85. The van der Waals surface area contributed by atoms with Crippen molar-refractivity contribution in [2.45, 2.75) is 25.7 Å². The summed E-state index contributed by atoms with van der Waals surface area (Å²) in [5, 5.41) is 0. The van der Waals surface area contributed by atoms with Crippen molar-refractivity contribution in [2.75, 3.05) is 5.73 Å². The molecule has 0 aromatic carbocycles. The molecule has 0 spiro atoms. The first-order valence-electron chi connectivity index (χ1n) is 5.10. The first-order valence-corrected chi connectivity index (χ1v) is 5.10. The Kier molecular flexibility index (Phi) is 1.54. The van der Waals surface area contributed by atoms with Crippen LogP contribution in [0.2, 0.25) is 0 Å². The summed E-state index contributed by atoms with van der Waals surface area (Å²) in [7, 11) is 0. The highest BCUT2D eigenvalue weighted by Crippen LogP contribution is 2.22. The fourth-order valence-corrected chi connectivity index (χ4v) is 2.21. The lowest BCUT2D eigenvalue weighted by Crippen LogP contribution is -2.03. The molecule has 2 aromatic heterocycles. The van der Waals surface area contributed by atoms with Crippen molar-refractivity contribution in [2.24, 2.45) is 0 Å². The lowest BCUT2D eigenvalue weighted by Gasteiger charge is -2.09. The van der Waals surface area contributed by atoms with E-state index >= 15 is 0 Å². The van der Waals surface area contributed by atoms with Crippen LogP contribution in [-0.2, 0) is 12.8 Å². The lowest BCUT2D eigenvalue weighted by atomic mass is 10.0. The molecule has 0 saturated heterocycles. The van der Waals surface area contributed by atoms with Crippen molar-refractivity contribution in [3.8, 4) is 0 Å². The van der Waals surface area contributed by atoms with Gasteiger partial charge in [-0.15, -0.1) is 0 Å². The molecule has 0 bridgehead atoms. The summed E-state index contributed by atoms with van der Waals surface area (Å²) in [6.07, 6.45) is 6.86. The fraction of sp³-hybridized carbons (Fsp3) is 0.364. The van der Waals surface area contributed by atoms with Crippen LogP contribution >= 0.6 is 0 Å². The highest BCUT2D eigenvalue weighted by molar-refractivity contribution is 5.53. The third-order valence-electron chi connectivity index (χ3n) is 2.91. The molecule has 3 nitrogen and oxygen atoms in total. The number of anilines is 1. The van der Waals surface area contributed by atoms with Crippen LogP contribution in [0, 0.1) is 0 Å². The van der Waals surface area contributed by atoms with Crippen LogP contribution in [0.25, 0.3) is 5.65 Å². The van der Waals surface area contributed by atoms with Gasteiger partial charge in [-0.1, -0.05) is 0 Å². The number of rotatable bonds is 0. The Morgan fingerprint density at radius 3 is 3.07 bits per heavy atom. The van der Waals surface area contributed by atoms with Gasteiger partial charge in [-0.3, -0.25) is 0 Å². The summed E-state index contributed by atoms with van der Waals surface area (Å²) in [6, 6.07) is 3.88. The van der Waals surface area contributed by atoms with Gasteiger partial charge in [-0.25, -0.2) is 4.98 Å². The molecule has 14 heavy (non-hydrogen) atoms. The average Bonchev–Trinajstić information content (AvgIpc) is 2.54. The molecule has 72 valence electrons. The molecule has 2 N–H and O–H groups in total. The van der Waals surface area contributed by atoms with Crippen molar-refractivity contribution >= 4 is 11.3 Å². The maximum Gasteiger partial charge on any atom is 0.139 e. The number of aryl methyl sites for hydroxylation is 2. The number of imidazole rings is 1. The van der Waals surface area contributed by atoms with Crippen LogP contribution < -0.4 is 5.73 Å². The standard InChI is InChI=1S/C11H13N3/c12-8-5-6-14-10-4-2-1-3-9(10)13-11(14)7-8/h5-7H,1-4,12H2. The smallest absolute Gasteiger partial charge is 0.139 e. The van der Waals surface area contributed by atoms with Gasteiger partial charge in [0.15, 0.2) is 0 Å². The fourth-order valence-electron chi connectivity index (χ4n) is 2.21. The predicted molar refractivity (Wildman–Crippen MR) is 56.2 cm³/mol. The minimum absolute atomic E-state index is 0.792. The van der Waals surface area contributed by atoms with Crippen molar-refractivity contribution in [1.29, 1.82) is 0 Å². The van der Waals surface area contributed by atoms with Crippen LogP contribution in [0.5, 0.6) is 0 Å². The minimum atomic E-state index is 0.792. The van der Waals surface area contributed by atoms with E-state index in [0.29, 0.717) is 0 Å². The van der Waals surface area contributed by atoms with E-state index in [9.17, 15) is 0 Å². The van der Waals surface area contributed by atoms with Crippen LogP contribution in [0.3, 0.4) is 0 Å². The molecule has 0 amide bonds. The van der Waals surface area contributed by atoms with Gasteiger partial charge in [-0.05, 0) is 31.7 Å². The normalized spacial score (nSPS) is 15.7. The summed E-state index contributed by atoms with van der Waals surface area (Å²) < 4.78 is 2.17. The van der Waals surface area contributed by atoms with Gasteiger partial charge >= 0.3 is 0 Å². The molecule has 0 radical (unpaired) electrons. The average molecular weight is 187 g/mol. The van der Waals surface area contributed by atoms with Crippen molar-refractivity contribution in [3.05, 3.63) is 29.7 Å². The van der Waals surface area contributed by atoms with Gasteiger partial charge < -0.3 is 10.1 Å². The van der Waals surface area contributed by atoms with E-state index < -0.39 is 0 Å². The molecule has 0 unspecified atom stereocenters. The third kappa shape index (κ3) is 1.02. The number of nitrogens with two attached hydrogens (primary N) is 1. The van der Waals surface area contributed by atoms with Crippen LogP contribution in [0.1, 0.15) is 24.2 Å². The van der Waals surface area contributed by atoms with Gasteiger partial charge in [0.1, 0.15) is 5.65 Å². The summed E-state index contributed by atoms with van der Waals surface area (Å²) >= 11 is 0. The molecule has 2 heterocycles. The number of fused-ring (bicyclic) bond motifs is 3. The molecule has 3 heteroatoms.